The van der Waals surface area contributed by atoms with Gasteiger partial charge in [0.25, 0.3) is 0 Å². The van der Waals surface area contributed by atoms with Crippen molar-refractivity contribution in [1.82, 2.24) is 25.1 Å². The zero-order valence-electron chi connectivity index (χ0n) is 24.5. The third-order valence-electron chi connectivity index (χ3n) is 7.15. The number of benzene rings is 2. The molecule has 0 atom stereocenters. The Bertz CT molecular complexity index is 1990. The number of ether oxygens (including phenoxy) is 1. The molecule has 4 heterocycles. The van der Waals surface area contributed by atoms with Gasteiger partial charge in [-0.25, -0.2) is 9.07 Å². The molecule has 0 amide bonds. The number of pyridine rings is 2. The largest absolute Gasteiger partial charge is 0.456 e. The van der Waals surface area contributed by atoms with Crippen molar-refractivity contribution < 1.29 is 27.1 Å². The van der Waals surface area contributed by atoms with Crippen LogP contribution in [0.4, 0.5) is 17.6 Å². The van der Waals surface area contributed by atoms with Crippen molar-refractivity contribution in [2.24, 2.45) is 0 Å². The first-order valence-corrected chi connectivity index (χ1v) is 15.3. The average molecular weight is 646 g/mol. The number of ketones is 1. The van der Waals surface area contributed by atoms with E-state index < -0.39 is 35.5 Å². The summed E-state index contributed by atoms with van der Waals surface area (Å²) in [6.07, 6.45) is -0.120. The van der Waals surface area contributed by atoms with Crippen LogP contribution in [0.3, 0.4) is 0 Å². The van der Waals surface area contributed by atoms with Gasteiger partial charge >= 0.3 is 6.18 Å². The molecule has 0 unspecified atom stereocenters. The summed E-state index contributed by atoms with van der Waals surface area (Å²) in [6.45, 7) is 3.78. The third kappa shape index (κ3) is 6.68. The molecule has 0 radical (unpaired) electrons. The van der Waals surface area contributed by atoms with E-state index in [9.17, 15) is 18.0 Å². The van der Waals surface area contributed by atoms with E-state index in [0.717, 1.165) is 52.6 Å². The summed E-state index contributed by atoms with van der Waals surface area (Å²) in [4.78, 5) is 22.9. The molecule has 6 aromatic rings. The van der Waals surface area contributed by atoms with Gasteiger partial charge in [0.05, 0.1) is 38.2 Å². The fourth-order valence-corrected chi connectivity index (χ4v) is 5.97. The highest BCUT2D eigenvalue weighted by molar-refractivity contribution is 7.22. The molecule has 0 spiro atoms. The predicted octanol–water partition coefficient (Wildman–Crippen LogP) is 8.42. The average Bonchev–Trinajstić information content (AvgIpc) is 3.70. The van der Waals surface area contributed by atoms with Crippen LogP contribution in [0.25, 0.3) is 26.5 Å². The molecule has 234 valence electrons. The van der Waals surface area contributed by atoms with Crippen molar-refractivity contribution in [3.63, 3.8) is 0 Å². The maximum Gasteiger partial charge on any atom is 0.434 e. The van der Waals surface area contributed by atoms with Crippen LogP contribution in [0.15, 0.2) is 91.4 Å². The van der Waals surface area contributed by atoms with Crippen LogP contribution in [-0.2, 0) is 19.1 Å². The number of thiophene rings is 1. The Morgan fingerprint density at radius 3 is 2.54 bits per heavy atom. The lowest BCUT2D eigenvalue weighted by Gasteiger charge is -2.13. The normalized spacial score (nSPS) is 11.7. The Hall–Kier alpha value is -4.94. The van der Waals surface area contributed by atoms with Crippen molar-refractivity contribution in [2.45, 2.75) is 32.5 Å². The van der Waals surface area contributed by atoms with Crippen LogP contribution in [-0.4, -0.2) is 32.1 Å². The molecule has 7 nitrogen and oxygen atoms in total. The summed E-state index contributed by atoms with van der Waals surface area (Å²) < 4.78 is 64.7. The Labute approximate surface area is 265 Å². The van der Waals surface area contributed by atoms with E-state index in [4.69, 9.17) is 4.74 Å². The Morgan fingerprint density at radius 2 is 1.83 bits per heavy atom. The highest BCUT2D eigenvalue weighted by Crippen LogP contribution is 2.39. The van der Waals surface area contributed by atoms with Gasteiger partial charge in [-0.2, -0.15) is 18.3 Å². The summed E-state index contributed by atoms with van der Waals surface area (Å²) in [5.74, 6) is -1.09. The number of hydrogen-bond acceptors (Lipinski definition) is 7. The molecule has 0 aliphatic rings. The van der Waals surface area contributed by atoms with Crippen LogP contribution >= 0.6 is 11.3 Å². The number of carbonyl (C=O) groups excluding carboxylic acids is 1. The zero-order valence-corrected chi connectivity index (χ0v) is 25.3. The van der Waals surface area contributed by atoms with Gasteiger partial charge in [0, 0.05) is 37.5 Å². The molecule has 12 heteroatoms. The van der Waals surface area contributed by atoms with E-state index in [1.165, 1.54) is 35.6 Å². The van der Waals surface area contributed by atoms with Crippen molar-refractivity contribution in [3.8, 4) is 27.8 Å². The van der Waals surface area contributed by atoms with Crippen molar-refractivity contribution in [2.75, 3.05) is 6.54 Å². The highest BCUT2D eigenvalue weighted by atomic mass is 32.1. The van der Waals surface area contributed by atoms with Gasteiger partial charge < -0.3 is 10.1 Å². The summed E-state index contributed by atoms with van der Waals surface area (Å²) in [5.41, 5.74) is 0.779. The van der Waals surface area contributed by atoms with Gasteiger partial charge in [-0.05, 0) is 54.4 Å². The molecule has 4 aromatic heterocycles. The first-order valence-electron chi connectivity index (χ1n) is 14.5. The number of carbonyl (C=O) groups is 1. The SMILES string of the molecule is CCCNCc1ccc(-c2cc3nccc(Oc4ccc(CC(=O)c5cnn(-c6ccccc6)c5C(F)(F)F)c(F)c4)c3s2)nc1. The van der Waals surface area contributed by atoms with Gasteiger partial charge in [0.1, 0.15) is 17.3 Å². The fraction of sp³-hybridized carbons (Fsp3) is 0.176. The number of nitrogens with zero attached hydrogens (tertiary/aromatic N) is 4. The van der Waals surface area contributed by atoms with Gasteiger partial charge in [0.2, 0.25) is 0 Å². The molecular weight excluding hydrogens is 618 g/mol. The Morgan fingerprint density at radius 1 is 1.00 bits per heavy atom. The molecule has 6 rings (SSSR count). The topological polar surface area (TPSA) is 81.9 Å². The minimum atomic E-state index is -4.86. The van der Waals surface area contributed by atoms with Gasteiger partial charge in [-0.1, -0.05) is 37.3 Å². The zero-order chi connectivity index (χ0) is 32.3. The quantitative estimate of drug-likeness (QED) is 0.0866. The number of Topliss-reactive ketones (excluding diaryl/α,β-unsaturated/α-hetero) is 1. The van der Waals surface area contributed by atoms with Gasteiger partial charge in [-0.3, -0.25) is 14.8 Å². The highest BCUT2D eigenvalue weighted by Gasteiger charge is 2.40. The standard InChI is InChI=1S/C34H27F4N5O2S/c1-2-13-39-18-21-8-11-27(41-19-21)31-17-28-32(46-31)30(12-14-40-28)45-24-10-9-22(26(35)16-24)15-29(44)25-20-42-43(33(25)34(36,37)38)23-6-4-3-5-7-23/h3-12,14,16-17,19-20,39H,2,13,15,18H2,1H3. The second-order valence-electron chi connectivity index (χ2n) is 10.5. The number of hydrogen-bond donors (Lipinski definition) is 1. The second-order valence-corrected chi connectivity index (χ2v) is 11.5. The molecule has 0 bridgehead atoms. The number of halogens is 4. The minimum Gasteiger partial charge on any atom is -0.456 e. The number of rotatable bonds is 11. The maximum absolute atomic E-state index is 15.2. The van der Waals surface area contributed by atoms with Crippen molar-refractivity contribution >= 4 is 27.3 Å². The lowest BCUT2D eigenvalue weighted by atomic mass is 10.0. The van der Waals surface area contributed by atoms with E-state index >= 15 is 4.39 Å². The lowest BCUT2D eigenvalue weighted by Crippen LogP contribution is -2.18. The van der Waals surface area contributed by atoms with E-state index in [0.29, 0.717) is 15.9 Å². The van der Waals surface area contributed by atoms with Gasteiger partial charge in [0.15, 0.2) is 11.5 Å². The lowest BCUT2D eigenvalue weighted by molar-refractivity contribution is -0.143. The number of fused-ring (bicyclic) bond motifs is 1. The molecule has 1 N–H and O–H groups in total. The number of alkyl halides is 3. The molecule has 0 saturated heterocycles. The first-order chi connectivity index (χ1) is 22.2. The molecular formula is C34H27F4N5O2S. The predicted molar refractivity (Wildman–Crippen MR) is 168 cm³/mol. The third-order valence-corrected chi connectivity index (χ3v) is 8.31. The molecule has 0 aliphatic carbocycles. The molecule has 46 heavy (non-hydrogen) atoms. The second kappa shape index (κ2) is 13.2. The number of aromatic nitrogens is 4. The van der Waals surface area contributed by atoms with Crippen LogP contribution in [0.1, 0.15) is 40.5 Å². The molecule has 0 saturated carbocycles. The van der Waals surface area contributed by atoms with Crippen LogP contribution in [0, 0.1) is 5.82 Å². The molecule has 0 fully saturated rings. The smallest absolute Gasteiger partial charge is 0.434 e. The summed E-state index contributed by atoms with van der Waals surface area (Å²) in [6, 6.07) is 19.1. The van der Waals surface area contributed by atoms with Crippen LogP contribution in [0.5, 0.6) is 11.5 Å². The Kier molecular flexibility index (Phi) is 8.91. The summed E-state index contributed by atoms with van der Waals surface area (Å²) in [7, 11) is 0. The molecule has 0 aliphatic heterocycles. The van der Waals surface area contributed by atoms with Gasteiger partial charge in [-0.15, -0.1) is 11.3 Å². The van der Waals surface area contributed by atoms with E-state index in [2.05, 4.69) is 27.3 Å². The molecule has 2 aromatic carbocycles. The van der Waals surface area contributed by atoms with Crippen molar-refractivity contribution in [3.05, 3.63) is 120 Å². The number of nitrogens with one attached hydrogen (secondary N) is 1. The first kappa shape index (κ1) is 31.1. The summed E-state index contributed by atoms with van der Waals surface area (Å²) >= 11 is 1.44. The van der Waals surface area contributed by atoms with Crippen molar-refractivity contribution in [1.29, 1.82) is 0 Å². The van der Waals surface area contributed by atoms with E-state index in [1.54, 1.807) is 30.5 Å². The monoisotopic (exact) mass is 645 g/mol. The van der Waals surface area contributed by atoms with E-state index in [-0.39, 0.29) is 17.0 Å². The summed E-state index contributed by atoms with van der Waals surface area (Å²) in [5, 5.41) is 7.16. The van der Waals surface area contributed by atoms with Crippen LogP contribution in [0.2, 0.25) is 0 Å². The van der Waals surface area contributed by atoms with E-state index in [1.807, 2.05) is 24.4 Å². The van der Waals surface area contributed by atoms with Crippen LogP contribution < -0.4 is 10.1 Å². The minimum absolute atomic E-state index is 0.0735. The maximum atomic E-state index is 15.2. The Balaban J connectivity index is 1.20. The fourth-order valence-electron chi connectivity index (χ4n) is 4.93. The number of para-hydroxylation sites is 1.